The minimum absolute atomic E-state index is 0.0596. The van der Waals surface area contributed by atoms with Crippen molar-refractivity contribution >= 4 is 35.2 Å². The number of hydrogen-bond donors (Lipinski definition) is 4. The van der Waals surface area contributed by atoms with Crippen molar-refractivity contribution in [2.24, 2.45) is 0 Å². The molecule has 180 valence electrons. The molecule has 1 aliphatic rings. The molecule has 0 atom stereocenters. The predicted molar refractivity (Wildman–Crippen MR) is 138 cm³/mol. The number of rotatable bonds is 10. The number of nitrogen functional groups attached to an aromatic ring is 1. The summed E-state index contributed by atoms with van der Waals surface area (Å²) in [4.78, 5) is 36.3. The van der Waals surface area contributed by atoms with Crippen LogP contribution in [0.4, 0.5) is 17.1 Å². The number of nitrogens with one attached hydrogen (secondary N) is 3. The van der Waals surface area contributed by atoms with Crippen LogP contribution >= 0.6 is 0 Å². The molecule has 7 nitrogen and oxygen atoms in total. The molecule has 0 saturated heterocycles. The maximum Gasteiger partial charge on any atom is 0.251 e. The van der Waals surface area contributed by atoms with Gasteiger partial charge in [0.15, 0.2) is 5.78 Å². The van der Waals surface area contributed by atoms with Crippen molar-refractivity contribution < 1.29 is 14.4 Å². The minimum atomic E-state index is -0.184. The molecule has 1 aliphatic carbocycles. The smallest absolute Gasteiger partial charge is 0.251 e. The molecule has 7 heteroatoms. The first-order valence-corrected chi connectivity index (χ1v) is 11.9. The lowest BCUT2D eigenvalue weighted by atomic mass is 9.96. The molecule has 35 heavy (non-hydrogen) atoms. The van der Waals surface area contributed by atoms with Crippen LogP contribution < -0.4 is 21.7 Å². The third-order valence-electron chi connectivity index (χ3n) is 6.24. The summed E-state index contributed by atoms with van der Waals surface area (Å²) in [5.41, 5.74) is 12.1. The number of benzene rings is 3. The monoisotopic (exact) mass is 470 g/mol. The lowest BCUT2D eigenvalue weighted by molar-refractivity contribution is -0.109. The highest BCUT2D eigenvalue weighted by Crippen LogP contribution is 2.29. The average molecular weight is 471 g/mol. The Morgan fingerprint density at radius 2 is 1.69 bits per heavy atom. The highest BCUT2D eigenvalue weighted by molar-refractivity contribution is 6.12. The van der Waals surface area contributed by atoms with Gasteiger partial charge in [-0.3, -0.25) is 14.4 Å². The summed E-state index contributed by atoms with van der Waals surface area (Å²) in [6.45, 7) is 1.19. The van der Waals surface area contributed by atoms with E-state index in [1.807, 2.05) is 48.5 Å². The van der Waals surface area contributed by atoms with E-state index in [1.54, 1.807) is 12.1 Å². The van der Waals surface area contributed by atoms with E-state index in [4.69, 9.17) is 5.73 Å². The van der Waals surface area contributed by atoms with Crippen LogP contribution in [0.5, 0.6) is 0 Å². The normalized spacial score (nSPS) is 12.2. The van der Waals surface area contributed by atoms with Gasteiger partial charge < -0.3 is 21.7 Å². The molecule has 0 heterocycles. The molecule has 0 aromatic heterocycles. The van der Waals surface area contributed by atoms with E-state index in [9.17, 15) is 14.4 Å². The number of ketones is 1. The Labute approximate surface area is 205 Å². The standard InChI is InChI=1S/C28H30N4O3/c29-25-6-2-3-7-26(25)32-22-12-13-23-20(16-22)10-8-19-9-11-21(17-24(19)27(23)34)28(35)31-15-5-1-4-14-30-18-33/h2-3,6-7,9,11-13,16-18,32H,1,4-5,8,10,14-15,29H2,(H,30,33)(H,31,35). The SMILES string of the molecule is Nc1ccccc1Nc1ccc2c(c1)CCc1ccc(C(=O)NCCCCCNC=O)cc1C2=O. The fourth-order valence-electron chi connectivity index (χ4n) is 4.32. The number of carbonyl (C=O) groups excluding carboxylic acids is 3. The van der Waals surface area contributed by atoms with Crippen LogP contribution in [0.1, 0.15) is 56.7 Å². The van der Waals surface area contributed by atoms with Gasteiger partial charge in [-0.05, 0) is 85.7 Å². The zero-order valence-electron chi connectivity index (χ0n) is 19.6. The Morgan fingerprint density at radius 1 is 0.886 bits per heavy atom. The summed E-state index contributed by atoms with van der Waals surface area (Å²) in [6, 6.07) is 18.7. The predicted octanol–water partition coefficient (Wildman–Crippen LogP) is 3.99. The molecule has 0 fully saturated rings. The van der Waals surface area contributed by atoms with Gasteiger partial charge in [0.1, 0.15) is 0 Å². The lowest BCUT2D eigenvalue weighted by Gasteiger charge is -2.12. The first kappa shape index (κ1) is 24.0. The van der Waals surface area contributed by atoms with Gasteiger partial charge in [0, 0.05) is 35.5 Å². The largest absolute Gasteiger partial charge is 0.397 e. The van der Waals surface area contributed by atoms with Crippen LogP contribution in [-0.2, 0) is 17.6 Å². The van der Waals surface area contributed by atoms with Crippen LogP contribution in [0.2, 0.25) is 0 Å². The van der Waals surface area contributed by atoms with Gasteiger partial charge in [0.25, 0.3) is 5.91 Å². The topological polar surface area (TPSA) is 113 Å². The van der Waals surface area contributed by atoms with E-state index in [2.05, 4.69) is 16.0 Å². The van der Waals surface area contributed by atoms with Crippen molar-refractivity contribution in [3.63, 3.8) is 0 Å². The molecule has 5 N–H and O–H groups in total. The maximum atomic E-state index is 13.4. The fraction of sp³-hybridized carbons (Fsp3) is 0.250. The second kappa shape index (κ2) is 11.3. The van der Waals surface area contributed by atoms with Gasteiger partial charge in [0.2, 0.25) is 6.41 Å². The molecule has 0 saturated carbocycles. The molecule has 2 amide bonds. The lowest BCUT2D eigenvalue weighted by Crippen LogP contribution is -2.25. The number of amides is 2. The molecular formula is C28H30N4O3. The first-order chi connectivity index (χ1) is 17.1. The third kappa shape index (κ3) is 5.87. The Hall–Kier alpha value is -4.13. The number of fused-ring (bicyclic) bond motifs is 2. The van der Waals surface area contributed by atoms with E-state index in [0.29, 0.717) is 41.9 Å². The van der Waals surface area contributed by atoms with Gasteiger partial charge in [0.05, 0.1) is 11.4 Å². The van der Waals surface area contributed by atoms with Gasteiger partial charge in [-0.1, -0.05) is 18.2 Å². The Balaban J connectivity index is 1.44. The van der Waals surface area contributed by atoms with Crippen LogP contribution in [0, 0.1) is 0 Å². The van der Waals surface area contributed by atoms with Crippen molar-refractivity contribution in [3.8, 4) is 0 Å². The summed E-state index contributed by atoms with van der Waals surface area (Å²) in [7, 11) is 0. The van der Waals surface area contributed by atoms with Crippen LogP contribution in [0.3, 0.4) is 0 Å². The molecular weight excluding hydrogens is 440 g/mol. The number of unbranched alkanes of at least 4 members (excludes halogenated alkanes) is 2. The first-order valence-electron chi connectivity index (χ1n) is 11.9. The van der Waals surface area contributed by atoms with Gasteiger partial charge in [-0.25, -0.2) is 0 Å². The van der Waals surface area contributed by atoms with Crippen LogP contribution in [0.25, 0.3) is 0 Å². The number of anilines is 3. The van der Waals surface area contributed by atoms with E-state index >= 15 is 0 Å². The number of carbonyl (C=O) groups is 3. The van der Waals surface area contributed by atoms with Crippen molar-refractivity contribution in [1.29, 1.82) is 0 Å². The quantitative estimate of drug-likeness (QED) is 0.203. The number of nitrogens with two attached hydrogens (primary N) is 1. The van der Waals surface area contributed by atoms with E-state index in [1.165, 1.54) is 0 Å². The van der Waals surface area contributed by atoms with Crippen molar-refractivity contribution in [2.75, 3.05) is 24.1 Å². The molecule has 4 rings (SSSR count). The summed E-state index contributed by atoms with van der Waals surface area (Å²) in [6.07, 6.45) is 4.76. The molecule has 0 unspecified atom stereocenters. The van der Waals surface area contributed by atoms with Gasteiger partial charge in [-0.2, -0.15) is 0 Å². The molecule has 0 aliphatic heterocycles. The average Bonchev–Trinajstić information content (AvgIpc) is 3.01. The molecule has 0 spiro atoms. The fourth-order valence-corrected chi connectivity index (χ4v) is 4.32. The zero-order valence-corrected chi connectivity index (χ0v) is 19.6. The van der Waals surface area contributed by atoms with Gasteiger partial charge in [-0.15, -0.1) is 0 Å². The highest BCUT2D eigenvalue weighted by Gasteiger charge is 2.23. The Morgan fingerprint density at radius 3 is 2.51 bits per heavy atom. The molecule has 3 aromatic rings. The number of para-hydroxylation sites is 2. The van der Waals surface area contributed by atoms with Crippen LogP contribution in [0.15, 0.2) is 60.7 Å². The van der Waals surface area contributed by atoms with Crippen molar-refractivity contribution in [2.45, 2.75) is 32.1 Å². The number of aryl methyl sites for hydroxylation is 2. The Kier molecular flexibility index (Phi) is 7.77. The molecule has 3 aromatic carbocycles. The summed E-state index contributed by atoms with van der Waals surface area (Å²) in [5.74, 6) is -0.244. The molecule has 0 radical (unpaired) electrons. The van der Waals surface area contributed by atoms with Gasteiger partial charge >= 0.3 is 0 Å². The Bertz CT molecular complexity index is 1240. The zero-order chi connectivity index (χ0) is 24.6. The van der Waals surface area contributed by atoms with E-state index < -0.39 is 0 Å². The summed E-state index contributed by atoms with van der Waals surface area (Å²) in [5, 5.41) is 8.88. The number of hydrogen-bond acceptors (Lipinski definition) is 5. The van der Waals surface area contributed by atoms with Crippen molar-refractivity contribution in [1.82, 2.24) is 10.6 Å². The summed E-state index contributed by atoms with van der Waals surface area (Å²) < 4.78 is 0. The second-order valence-corrected chi connectivity index (χ2v) is 8.67. The minimum Gasteiger partial charge on any atom is -0.397 e. The van der Waals surface area contributed by atoms with Crippen LogP contribution in [-0.4, -0.2) is 31.2 Å². The van der Waals surface area contributed by atoms with E-state index in [0.717, 1.165) is 54.6 Å². The highest BCUT2D eigenvalue weighted by atomic mass is 16.2. The maximum absolute atomic E-state index is 13.4. The third-order valence-corrected chi connectivity index (χ3v) is 6.24. The summed E-state index contributed by atoms with van der Waals surface area (Å²) >= 11 is 0. The van der Waals surface area contributed by atoms with Crippen molar-refractivity contribution in [3.05, 3.63) is 88.5 Å². The van der Waals surface area contributed by atoms with E-state index in [-0.39, 0.29) is 11.7 Å². The molecule has 0 bridgehead atoms. The second-order valence-electron chi connectivity index (χ2n) is 8.67.